The number of phenols is 6. The molecule has 2 aromatic rings. The van der Waals surface area contributed by atoms with Crippen LogP contribution in [-0.4, -0.2) is 55.8 Å². The molecule has 0 aliphatic heterocycles. The van der Waals surface area contributed by atoms with Gasteiger partial charge in [0.2, 0.25) is 0 Å². The first-order valence-electron chi connectivity index (χ1n) is 8.96. The van der Waals surface area contributed by atoms with Crippen LogP contribution in [0.1, 0.15) is 47.4 Å². The summed E-state index contributed by atoms with van der Waals surface area (Å²) in [6.45, 7) is 4.22. The summed E-state index contributed by atoms with van der Waals surface area (Å²) in [5.41, 5.74) is -0.00694. The van der Waals surface area contributed by atoms with Crippen molar-refractivity contribution in [2.24, 2.45) is 0 Å². The van der Waals surface area contributed by atoms with E-state index in [2.05, 4.69) is 0 Å². The molecule has 0 heterocycles. The summed E-state index contributed by atoms with van der Waals surface area (Å²) in [5, 5.41) is 54.6. The lowest BCUT2D eigenvalue weighted by Crippen LogP contribution is -2.05. The molecule has 30 heavy (non-hydrogen) atoms. The van der Waals surface area contributed by atoms with Gasteiger partial charge in [0.1, 0.15) is 0 Å². The van der Waals surface area contributed by atoms with Gasteiger partial charge in [-0.15, -0.1) is 0 Å². The number of rotatable bonds is 6. The fourth-order valence-electron chi connectivity index (χ4n) is 2.00. The van der Waals surface area contributed by atoms with Crippen molar-refractivity contribution >= 4 is 11.9 Å². The standard InChI is InChI=1S/2C10H12O5/c2*1-2-3-15-10(14)6-4-7(11)9(13)8(12)5-6/h2*4-5,11-13H,2-3H2,1H3. The number of ether oxygens (including phenoxy) is 2. The minimum atomic E-state index is -0.651. The lowest BCUT2D eigenvalue weighted by molar-refractivity contribution is 0.0495. The van der Waals surface area contributed by atoms with E-state index in [1.165, 1.54) is 0 Å². The van der Waals surface area contributed by atoms with Crippen molar-refractivity contribution in [3.05, 3.63) is 35.4 Å². The maximum atomic E-state index is 11.3. The van der Waals surface area contributed by atoms with E-state index in [0.29, 0.717) is 12.8 Å². The van der Waals surface area contributed by atoms with Crippen molar-refractivity contribution < 1.29 is 49.7 Å². The average Bonchev–Trinajstić information content (AvgIpc) is 2.71. The summed E-state index contributed by atoms with van der Waals surface area (Å²) in [6, 6.07) is 4.14. The molecule has 0 unspecified atom stereocenters. The van der Waals surface area contributed by atoms with Crippen LogP contribution in [0.15, 0.2) is 24.3 Å². The summed E-state index contributed by atoms with van der Waals surface area (Å²) in [6.07, 6.45) is 1.36. The lowest BCUT2D eigenvalue weighted by atomic mass is 10.2. The van der Waals surface area contributed by atoms with Gasteiger partial charge in [-0.3, -0.25) is 0 Å². The van der Waals surface area contributed by atoms with E-state index in [1.807, 2.05) is 13.8 Å². The van der Waals surface area contributed by atoms with E-state index >= 15 is 0 Å². The summed E-state index contributed by atoms with van der Waals surface area (Å²) in [7, 11) is 0. The van der Waals surface area contributed by atoms with Crippen LogP contribution in [0.3, 0.4) is 0 Å². The molecule has 0 aromatic heterocycles. The van der Waals surface area contributed by atoms with Crippen molar-refractivity contribution in [1.29, 1.82) is 0 Å². The normalized spacial score (nSPS) is 9.93. The van der Waals surface area contributed by atoms with Gasteiger partial charge in [-0.2, -0.15) is 0 Å². The van der Waals surface area contributed by atoms with Crippen LogP contribution in [0, 0.1) is 0 Å². The smallest absolute Gasteiger partial charge is 0.338 e. The van der Waals surface area contributed by atoms with Gasteiger partial charge in [-0.1, -0.05) is 13.8 Å². The summed E-state index contributed by atoms with van der Waals surface area (Å²) in [5.74, 6) is -4.83. The first-order chi connectivity index (χ1) is 14.1. The van der Waals surface area contributed by atoms with Crippen molar-refractivity contribution in [1.82, 2.24) is 0 Å². The Bertz CT molecular complexity index is 772. The second-order valence-electron chi connectivity index (χ2n) is 6.00. The van der Waals surface area contributed by atoms with E-state index in [1.54, 1.807) is 0 Å². The highest BCUT2D eigenvalue weighted by molar-refractivity contribution is 5.91. The highest BCUT2D eigenvalue weighted by Crippen LogP contribution is 2.36. The molecule has 6 N–H and O–H groups in total. The number of benzene rings is 2. The SMILES string of the molecule is CCCOC(=O)c1cc(O)c(O)c(O)c1.CCCOC(=O)c1cc(O)c(O)c(O)c1. The molecule has 164 valence electrons. The Kier molecular flexibility index (Phi) is 9.08. The Hall–Kier alpha value is -3.82. The quantitative estimate of drug-likeness (QED) is 0.299. The van der Waals surface area contributed by atoms with Crippen molar-refractivity contribution in [3.8, 4) is 34.5 Å². The molecule has 2 aromatic carbocycles. The number of hydrogen-bond donors (Lipinski definition) is 6. The average molecular weight is 424 g/mol. The van der Waals surface area contributed by atoms with Crippen LogP contribution in [-0.2, 0) is 9.47 Å². The molecule has 0 saturated carbocycles. The molecule has 0 aliphatic rings. The van der Waals surface area contributed by atoms with E-state index in [0.717, 1.165) is 24.3 Å². The molecule has 0 spiro atoms. The number of carbonyl (C=O) groups is 2. The van der Waals surface area contributed by atoms with E-state index < -0.39 is 46.4 Å². The van der Waals surface area contributed by atoms with Crippen LogP contribution >= 0.6 is 0 Å². The van der Waals surface area contributed by atoms with Crippen LogP contribution in [0.25, 0.3) is 0 Å². The van der Waals surface area contributed by atoms with Crippen LogP contribution in [0.4, 0.5) is 0 Å². The number of carbonyl (C=O) groups excluding carboxylic acids is 2. The largest absolute Gasteiger partial charge is 0.504 e. The molecule has 2 rings (SSSR count). The minimum absolute atomic E-state index is 0.00347. The summed E-state index contributed by atoms with van der Waals surface area (Å²) < 4.78 is 9.57. The molecule has 0 radical (unpaired) electrons. The fraction of sp³-hybridized carbons (Fsp3) is 0.300. The third-order valence-electron chi connectivity index (χ3n) is 3.49. The second-order valence-corrected chi connectivity index (χ2v) is 6.00. The van der Waals surface area contributed by atoms with Crippen LogP contribution in [0.5, 0.6) is 34.5 Å². The molecule has 10 nitrogen and oxygen atoms in total. The van der Waals surface area contributed by atoms with Crippen LogP contribution in [0.2, 0.25) is 0 Å². The first-order valence-corrected chi connectivity index (χ1v) is 8.96. The van der Waals surface area contributed by atoms with Gasteiger partial charge >= 0.3 is 11.9 Å². The Labute approximate surface area is 172 Å². The fourth-order valence-corrected chi connectivity index (χ4v) is 2.00. The predicted molar refractivity (Wildman–Crippen MR) is 104 cm³/mol. The van der Waals surface area contributed by atoms with E-state index in [4.69, 9.17) is 40.1 Å². The topological polar surface area (TPSA) is 174 Å². The van der Waals surface area contributed by atoms with Crippen LogP contribution < -0.4 is 0 Å². The van der Waals surface area contributed by atoms with Gasteiger partial charge in [0.25, 0.3) is 0 Å². The molecule has 0 bridgehead atoms. The molecule has 0 aliphatic carbocycles. The predicted octanol–water partition coefficient (Wildman–Crippen LogP) is 2.74. The highest BCUT2D eigenvalue weighted by atomic mass is 16.5. The van der Waals surface area contributed by atoms with E-state index in [-0.39, 0.29) is 24.3 Å². The Balaban J connectivity index is 0.000000300. The monoisotopic (exact) mass is 424 g/mol. The molecule has 0 amide bonds. The maximum Gasteiger partial charge on any atom is 0.338 e. The second kappa shape index (κ2) is 11.2. The Morgan fingerprint density at radius 1 is 0.633 bits per heavy atom. The Morgan fingerprint density at radius 2 is 0.900 bits per heavy atom. The molecule has 10 heteroatoms. The van der Waals surface area contributed by atoms with Gasteiger partial charge in [0.05, 0.1) is 24.3 Å². The number of hydrogen-bond acceptors (Lipinski definition) is 10. The summed E-state index contributed by atoms with van der Waals surface area (Å²) >= 11 is 0. The zero-order valence-electron chi connectivity index (χ0n) is 16.5. The van der Waals surface area contributed by atoms with Gasteiger partial charge in [0, 0.05) is 0 Å². The lowest BCUT2D eigenvalue weighted by Gasteiger charge is -2.05. The zero-order chi connectivity index (χ0) is 22.8. The zero-order valence-corrected chi connectivity index (χ0v) is 16.5. The van der Waals surface area contributed by atoms with Crippen molar-refractivity contribution in [3.63, 3.8) is 0 Å². The third kappa shape index (κ3) is 6.66. The van der Waals surface area contributed by atoms with Gasteiger partial charge < -0.3 is 40.1 Å². The molecule has 0 fully saturated rings. The molecular formula is C20H24O10. The van der Waals surface area contributed by atoms with Gasteiger partial charge in [0.15, 0.2) is 34.5 Å². The molecule has 0 saturated heterocycles. The number of phenolic OH excluding ortho intramolecular Hbond substituents is 6. The summed E-state index contributed by atoms with van der Waals surface area (Å²) in [4.78, 5) is 22.6. The maximum absolute atomic E-state index is 11.3. The van der Waals surface area contributed by atoms with Crippen molar-refractivity contribution in [2.45, 2.75) is 26.7 Å². The molecular weight excluding hydrogens is 400 g/mol. The minimum Gasteiger partial charge on any atom is -0.504 e. The van der Waals surface area contributed by atoms with Gasteiger partial charge in [-0.05, 0) is 37.1 Å². The highest BCUT2D eigenvalue weighted by Gasteiger charge is 2.15. The van der Waals surface area contributed by atoms with Crippen molar-refractivity contribution in [2.75, 3.05) is 13.2 Å². The number of esters is 2. The Morgan fingerprint density at radius 3 is 1.13 bits per heavy atom. The van der Waals surface area contributed by atoms with Gasteiger partial charge in [-0.25, -0.2) is 9.59 Å². The number of aromatic hydroxyl groups is 6. The molecule has 0 atom stereocenters. The third-order valence-corrected chi connectivity index (χ3v) is 3.49. The van der Waals surface area contributed by atoms with E-state index in [9.17, 15) is 9.59 Å². The first kappa shape index (κ1) is 24.2.